The Morgan fingerprint density at radius 2 is 2.06 bits per heavy atom. The topological polar surface area (TPSA) is 70.5 Å². The predicted octanol–water partition coefficient (Wildman–Crippen LogP) is 0.638. The van der Waals surface area contributed by atoms with E-state index in [9.17, 15) is 9.59 Å². The fourth-order valence-electron chi connectivity index (χ4n) is 1.05. The summed E-state index contributed by atoms with van der Waals surface area (Å²) in [4.78, 5) is 26.7. The Kier molecular flexibility index (Phi) is 4.20. The average Bonchev–Trinajstić information content (AvgIpc) is 2.26. The minimum absolute atomic E-state index is 0.306. The number of nitrogens with zero attached hydrogens (tertiary/aromatic N) is 2. The monoisotopic (exact) mass is 220 g/mol. The summed E-state index contributed by atoms with van der Waals surface area (Å²) in [5.74, 6) is -1.38. The first-order valence-corrected chi connectivity index (χ1v) is 4.64. The maximum Gasteiger partial charge on any atom is 0.323 e. The molecule has 0 aromatic carbocycles. The second-order valence-corrected chi connectivity index (χ2v) is 3.20. The molecule has 0 fully saturated rings. The third kappa shape index (κ3) is 3.91. The molecule has 16 heavy (non-hydrogen) atoms. The van der Waals surface area contributed by atoms with Gasteiger partial charge in [-0.1, -0.05) is 0 Å². The van der Waals surface area contributed by atoms with Crippen molar-refractivity contribution >= 4 is 18.0 Å². The number of carbonyl (C=O) groups excluding carboxylic acids is 1. The van der Waals surface area contributed by atoms with Crippen LogP contribution in [0.5, 0.6) is 0 Å². The van der Waals surface area contributed by atoms with Gasteiger partial charge in [0.1, 0.15) is 6.54 Å². The number of aliphatic carboxylic acids is 1. The van der Waals surface area contributed by atoms with Crippen molar-refractivity contribution in [2.24, 2.45) is 0 Å². The van der Waals surface area contributed by atoms with Crippen LogP contribution >= 0.6 is 0 Å². The Hall–Kier alpha value is -2.17. The van der Waals surface area contributed by atoms with E-state index in [1.54, 1.807) is 30.6 Å². The highest BCUT2D eigenvalue weighted by Crippen LogP contribution is 1.99. The van der Waals surface area contributed by atoms with Crippen LogP contribution in [-0.4, -0.2) is 40.5 Å². The van der Waals surface area contributed by atoms with E-state index in [4.69, 9.17) is 5.11 Å². The van der Waals surface area contributed by atoms with Gasteiger partial charge in [-0.25, -0.2) is 0 Å². The van der Waals surface area contributed by atoms with Gasteiger partial charge in [0.25, 0.3) is 0 Å². The number of hydrogen-bond acceptors (Lipinski definition) is 3. The number of rotatable bonds is 4. The lowest BCUT2D eigenvalue weighted by atomic mass is 10.2. The van der Waals surface area contributed by atoms with Crippen LogP contribution in [0.2, 0.25) is 0 Å². The second-order valence-electron chi connectivity index (χ2n) is 3.20. The lowest BCUT2D eigenvalue weighted by Crippen LogP contribution is -2.30. The fraction of sp³-hybridized carbons (Fsp3) is 0.182. The molecule has 0 aliphatic rings. The quantitative estimate of drug-likeness (QED) is 0.756. The van der Waals surface area contributed by atoms with Crippen LogP contribution in [0.3, 0.4) is 0 Å². The van der Waals surface area contributed by atoms with E-state index >= 15 is 0 Å². The molecule has 5 heteroatoms. The molecule has 0 atom stereocenters. The molecule has 0 bridgehead atoms. The summed E-state index contributed by atoms with van der Waals surface area (Å²) in [6.07, 6.45) is 6.18. The van der Waals surface area contributed by atoms with E-state index < -0.39 is 5.97 Å². The minimum atomic E-state index is -1.03. The van der Waals surface area contributed by atoms with Crippen molar-refractivity contribution < 1.29 is 14.7 Å². The van der Waals surface area contributed by atoms with Crippen LogP contribution in [0, 0.1) is 0 Å². The normalized spacial score (nSPS) is 10.3. The molecule has 5 nitrogen and oxygen atoms in total. The Morgan fingerprint density at radius 3 is 2.62 bits per heavy atom. The Bertz CT molecular complexity index is 401. The smallest absolute Gasteiger partial charge is 0.323 e. The number of carboxylic acid groups (broad SMARTS) is 1. The molecule has 84 valence electrons. The molecule has 0 saturated carbocycles. The number of aromatic nitrogens is 1. The van der Waals surface area contributed by atoms with E-state index in [2.05, 4.69) is 4.98 Å². The van der Waals surface area contributed by atoms with E-state index in [1.807, 2.05) is 0 Å². The van der Waals surface area contributed by atoms with Crippen LogP contribution in [0.1, 0.15) is 5.56 Å². The molecule has 0 aliphatic carbocycles. The number of amides is 1. The molecule has 0 saturated heterocycles. The largest absolute Gasteiger partial charge is 0.480 e. The van der Waals surface area contributed by atoms with Gasteiger partial charge < -0.3 is 10.0 Å². The van der Waals surface area contributed by atoms with E-state index in [1.165, 1.54) is 13.1 Å². The first kappa shape index (κ1) is 11.9. The number of likely N-dealkylation sites (N-methyl/N-ethyl adjacent to an activating group) is 1. The highest BCUT2D eigenvalue weighted by atomic mass is 16.4. The molecular weight excluding hydrogens is 208 g/mol. The summed E-state index contributed by atoms with van der Waals surface area (Å²) in [6, 6.07) is 3.50. The van der Waals surface area contributed by atoms with Gasteiger partial charge in [0.15, 0.2) is 0 Å². The first-order valence-electron chi connectivity index (χ1n) is 4.64. The van der Waals surface area contributed by atoms with Gasteiger partial charge >= 0.3 is 5.97 Å². The third-order valence-corrected chi connectivity index (χ3v) is 1.87. The molecule has 1 rings (SSSR count). The maximum absolute atomic E-state index is 11.4. The third-order valence-electron chi connectivity index (χ3n) is 1.87. The highest BCUT2D eigenvalue weighted by Gasteiger charge is 2.08. The molecule has 1 N–H and O–H groups in total. The van der Waals surface area contributed by atoms with Crippen molar-refractivity contribution in [1.29, 1.82) is 0 Å². The fourth-order valence-corrected chi connectivity index (χ4v) is 1.05. The number of hydrogen-bond donors (Lipinski definition) is 1. The van der Waals surface area contributed by atoms with Crippen LogP contribution in [0.15, 0.2) is 30.6 Å². The zero-order valence-electron chi connectivity index (χ0n) is 8.83. The van der Waals surface area contributed by atoms with E-state index in [-0.39, 0.29) is 12.5 Å². The predicted molar refractivity (Wildman–Crippen MR) is 58.5 cm³/mol. The number of carboxylic acids is 1. The van der Waals surface area contributed by atoms with Gasteiger partial charge in [0.05, 0.1) is 0 Å². The maximum atomic E-state index is 11.4. The Labute approximate surface area is 93.0 Å². The van der Waals surface area contributed by atoms with E-state index in [0.29, 0.717) is 0 Å². The van der Waals surface area contributed by atoms with Crippen LogP contribution in [0.4, 0.5) is 0 Å². The number of carbonyl (C=O) groups is 2. The minimum Gasteiger partial charge on any atom is -0.480 e. The SMILES string of the molecule is CN(CC(=O)O)C(=O)/C=C/c1ccncc1. The summed E-state index contributed by atoms with van der Waals surface area (Å²) in [5, 5.41) is 8.49. The summed E-state index contributed by atoms with van der Waals surface area (Å²) in [6.45, 7) is -0.306. The molecule has 1 aromatic rings. The van der Waals surface area contributed by atoms with Crippen LogP contribution in [-0.2, 0) is 9.59 Å². The van der Waals surface area contributed by atoms with Crippen molar-refractivity contribution in [2.75, 3.05) is 13.6 Å². The van der Waals surface area contributed by atoms with Crippen molar-refractivity contribution in [2.45, 2.75) is 0 Å². The van der Waals surface area contributed by atoms with Crippen molar-refractivity contribution in [3.05, 3.63) is 36.2 Å². The summed E-state index contributed by atoms with van der Waals surface area (Å²) >= 11 is 0. The molecule has 0 spiro atoms. The molecule has 0 unspecified atom stereocenters. The first-order chi connectivity index (χ1) is 7.59. The van der Waals surface area contributed by atoms with Gasteiger partial charge in [0.2, 0.25) is 5.91 Å². The van der Waals surface area contributed by atoms with Crippen LogP contribution in [0.25, 0.3) is 6.08 Å². The van der Waals surface area contributed by atoms with Crippen molar-refractivity contribution in [1.82, 2.24) is 9.88 Å². The van der Waals surface area contributed by atoms with Crippen molar-refractivity contribution in [3.8, 4) is 0 Å². The van der Waals surface area contributed by atoms with Gasteiger partial charge in [-0.3, -0.25) is 14.6 Å². The lowest BCUT2D eigenvalue weighted by molar-refractivity contribution is -0.141. The molecular formula is C11H12N2O3. The summed E-state index contributed by atoms with van der Waals surface area (Å²) < 4.78 is 0. The molecule has 1 aromatic heterocycles. The average molecular weight is 220 g/mol. The second kappa shape index (κ2) is 5.65. The van der Waals surface area contributed by atoms with Gasteiger partial charge in [-0.05, 0) is 23.8 Å². The highest BCUT2D eigenvalue weighted by molar-refractivity contribution is 5.93. The Morgan fingerprint density at radius 1 is 1.44 bits per heavy atom. The zero-order valence-corrected chi connectivity index (χ0v) is 8.83. The zero-order chi connectivity index (χ0) is 12.0. The Balaban J connectivity index is 2.57. The standard InChI is InChI=1S/C11H12N2O3/c1-13(8-11(15)16)10(14)3-2-9-4-6-12-7-5-9/h2-7H,8H2,1H3,(H,15,16)/b3-2+. The van der Waals surface area contributed by atoms with Gasteiger partial charge in [-0.2, -0.15) is 0 Å². The van der Waals surface area contributed by atoms with Gasteiger partial charge in [-0.15, -0.1) is 0 Å². The molecule has 0 aliphatic heterocycles. The lowest BCUT2D eigenvalue weighted by Gasteiger charge is -2.11. The molecule has 1 amide bonds. The number of pyridine rings is 1. The summed E-state index contributed by atoms with van der Waals surface area (Å²) in [5.41, 5.74) is 0.840. The molecule has 1 heterocycles. The molecule has 0 radical (unpaired) electrons. The van der Waals surface area contributed by atoms with E-state index in [0.717, 1.165) is 10.5 Å². The summed E-state index contributed by atoms with van der Waals surface area (Å²) in [7, 11) is 1.44. The van der Waals surface area contributed by atoms with Crippen LogP contribution < -0.4 is 0 Å². The van der Waals surface area contributed by atoms with Crippen molar-refractivity contribution in [3.63, 3.8) is 0 Å². The van der Waals surface area contributed by atoms with Gasteiger partial charge in [0, 0.05) is 25.5 Å².